The molecule has 0 amide bonds. The molecule has 0 unspecified atom stereocenters. The molecule has 7 aromatic carbocycles. The van der Waals surface area contributed by atoms with Crippen LogP contribution in [0.15, 0.2) is 146 Å². The maximum atomic E-state index is 14.1. The largest absolute Gasteiger partial charge is 0.441 e. The summed E-state index contributed by atoms with van der Waals surface area (Å²) in [7, 11) is 16.0. The van der Waals surface area contributed by atoms with Gasteiger partial charge in [0.15, 0.2) is 11.2 Å². The lowest BCUT2D eigenvalue weighted by Crippen LogP contribution is -2.29. The highest BCUT2D eigenvalue weighted by atomic mass is 32.1. The zero-order chi connectivity index (χ0) is 45.4. The molecule has 0 bridgehead atoms. The molecular formula is C54H48N6O4S. The fourth-order valence-corrected chi connectivity index (χ4v) is 10.1. The fourth-order valence-electron chi connectivity index (χ4n) is 9.37. The van der Waals surface area contributed by atoms with Crippen LogP contribution in [0.2, 0.25) is 0 Å². The van der Waals surface area contributed by atoms with Crippen molar-refractivity contribution in [2.75, 3.05) is 76.0 Å². The standard InChI is InChI=1S/C54H48N6O4S/c1-57(2)39-19-11-35(12-20-39)53(36-13-21-40(22-14-36)58(3)4)47-29-9-33(31-45(47)51(61)63-53)43-27-28-44(50-49(43)55-56-65-50)34-10-30-48-46(32-34)52(62)64-54(48,37-15-23-41(24-16-37)59(5)6)38-17-25-42(26-18-38)60(7)8/h9-32H,1-8H3. The van der Waals surface area contributed by atoms with E-state index in [1.165, 1.54) is 11.5 Å². The SMILES string of the molecule is CN(C)c1ccc(C2(c3ccc(N(C)C)cc3)OC(=O)c3cc(-c4ccc(-c5ccc6c(c5)C(=O)OC6(c5ccc(N(C)C)cc5)c5ccc(N(C)C)cc5)c5snnc45)ccc32)cc1. The first-order valence-corrected chi connectivity index (χ1v) is 22.2. The van der Waals surface area contributed by atoms with Crippen LogP contribution in [0.5, 0.6) is 0 Å². The Morgan fingerprint density at radius 1 is 0.415 bits per heavy atom. The van der Waals surface area contributed by atoms with E-state index in [1.54, 1.807) is 0 Å². The summed E-state index contributed by atoms with van der Waals surface area (Å²) in [5, 5.41) is 4.64. The number of aromatic nitrogens is 2. The predicted molar refractivity (Wildman–Crippen MR) is 262 cm³/mol. The molecule has 10 nitrogen and oxygen atoms in total. The van der Waals surface area contributed by atoms with E-state index in [1.807, 2.05) is 197 Å². The topological polar surface area (TPSA) is 91.3 Å². The molecule has 0 saturated carbocycles. The van der Waals surface area contributed by atoms with E-state index in [9.17, 15) is 9.59 Å². The normalized spacial score (nSPS) is 14.4. The van der Waals surface area contributed by atoms with Crippen molar-refractivity contribution in [2.45, 2.75) is 11.2 Å². The average Bonchev–Trinajstić information content (AvgIpc) is 4.02. The highest BCUT2D eigenvalue weighted by Gasteiger charge is 2.50. The van der Waals surface area contributed by atoms with Gasteiger partial charge in [-0.2, -0.15) is 0 Å². The van der Waals surface area contributed by atoms with Gasteiger partial charge < -0.3 is 29.1 Å². The van der Waals surface area contributed by atoms with E-state index >= 15 is 0 Å². The lowest BCUT2D eigenvalue weighted by molar-refractivity contribution is 0.0242. The lowest BCUT2D eigenvalue weighted by Gasteiger charge is -2.31. The molecule has 65 heavy (non-hydrogen) atoms. The lowest BCUT2D eigenvalue weighted by atomic mass is 9.79. The summed E-state index contributed by atoms with van der Waals surface area (Å²) in [4.78, 5) is 36.5. The van der Waals surface area contributed by atoms with Crippen molar-refractivity contribution in [3.63, 3.8) is 0 Å². The Labute approximate surface area is 383 Å². The molecule has 10 rings (SSSR count). The Hall–Kier alpha value is -7.50. The number of carbonyl (C=O) groups excluding carboxylic acids is 2. The number of nitrogens with zero attached hydrogens (tertiary/aromatic N) is 6. The number of cyclic esters (lactones) is 2. The molecule has 0 aliphatic carbocycles. The number of anilines is 4. The number of fused-ring (bicyclic) bond motifs is 3. The van der Waals surface area contributed by atoms with E-state index in [-0.39, 0.29) is 0 Å². The van der Waals surface area contributed by atoms with Crippen molar-refractivity contribution in [3.05, 3.63) is 190 Å². The number of esters is 2. The maximum Gasteiger partial charge on any atom is 0.340 e. The van der Waals surface area contributed by atoms with Gasteiger partial charge >= 0.3 is 11.9 Å². The number of rotatable bonds is 10. The molecule has 2 aliphatic rings. The number of ether oxygens (including phenoxy) is 2. The summed E-state index contributed by atoms with van der Waals surface area (Å²) in [6.07, 6.45) is 0. The minimum Gasteiger partial charge on any atom is -0.441 e. The van der Waals surface area contributed by atoms with Gasteiger partial charge in [-0.15, -0.1) is 5.10 Å². The van der Waals surface area contributed by atoms with E-state index in [4.69, 9.17) is 9.47 Å². The minimum atomic E-state index is -1.15. The molecule has 11 heteroatoms. The highest BCUT2D eigenvalue weighted by Crippen LogP contribution is 2.51. The van der Waals surface area contributed by atoms with Crippen molar-refractivity contribution < 1.29 is 19.1 Å². The van der Waals surface area contributed by atoms with Crippen molar-refractivity contribution >= 4 is 56.4 Å². The van der Waals surface area contributed by atoms with Crippen LogP contribution in [0.1, 0.15) is 54.1 Å². The second-order valence-electron chi connectivity index (χ2n) is 17.5. The first-order valence-electron chi connectivity index (χ1n) is 21.4. The molecule has 0 fully saturated rings. The van der Waals surface area contributed by atoms with Crippen LogP contribution in [0.4, 0.5) is 22.7 Å². The third kappa shape index (κ3) is 6.60. The minimum absolute atomic E-state index is 0.395. The van der Waals surface area contributed by atoms with E-state index in [0.29, 0.717) is 16.6 Å². The Balaban J connectivity index is 1.05. The van der Waals surface area contributed by atoms with Crippen molar-refractivity contribution in [3.8, 4) is 22.3 Å². The fraction of sp³-hybridized carbons (Fsp3) is 0.185. The molecule has 0 N–H and O–H groups in total. The predicted octanol–water partition coefficient (Wildman–Crippen LogP) is 10.2. The van der Waals surface area contributed by atoms with Gasteiger partial charge in [-0.3, -0.25) is 0 Å². The van der Waals surface area contributed by atoms with Gasteiger partial charge in [-0.25, -0.2) is 9.59 Å². The third-order valence-corrected chi connectivity index (χ3v) is 13.7. The van der Waals surface area contributed by atoms with Crippen molar-refractivity contribution in [2.24, 2.45) is 0 Å². The summed E-state index contributed by atoms with van der Waals surface area (Å²) in [6.45, 7) is 0. The monoisotopic (exact) mass is 876 g/mol. The summed E-state index contributed by atoms with van der Waals surface area (Å²) in [5.74, 6) is -0.795. The summed E-state index contributed by atoms with van der Waals surface area (Å²) >= 11 is 1.30. The van der Waals surface area contributed by atoms with Crippen LogP contribution in [0.3, 0.4) is 0 Å². The van der Waals surface area contributed by atoms with Gasteiger partial charge in [0.05, 0.1) is 15.8 Å². The van der Waals surface area contributed by atoms with Crippen LogP contribution < -0.4 is 19.6 Å². The van der Waals surface area contributed by atoms with Crippen LogP contribution in [-0.4, -0.2) is 77.9 Å². The van der Waals surface area contributed by atoms with Crippen LogP contribution in [-0.2, 0) is 20.7 Å². The van der Waals surface area contributed by atoms with Crippen LogP contribution >= 0.6 is 11.5 Å². The zero-order valence-electron chi connectivity index (χ0n) is 37.6. The molecule has 324 valence electrons. The Morgan fingerprint density at radius 2 is 0.754 bits per heavy atom. The Bertz CT molecular complexity index is 2830. The maximum absolute atomic E-state index is 14.1. The van der Waals surface area contributed by atoms with E-state index in [2.05, 4.69) is 33.9 Å². The van der Waals surface area contributed by atoms with E-state index in [0.717, 1.165) is 83.1 Å². The summed E-state index contributed by atoms with van der Waals surface area (Å²) in [6, 6.07) is 48.7. The van der Waals surface area contributed by atoms with E-state index < -0.39 is 23.1 Å². The first-order chi connectivity index (χ1) is 31.3. The number of hydrogen-bond acceptors (Lipinski definition) is 11. The molecule has 0 radical (unpaired) electrons. The zero-order valence-corrected chi connectivity index (χ0v) is 38.4. The molecule has 2 aliphatic heterocycles. The molecule has 8 aromatic rings. The second-order valence-corrected chi connectivity index (χ2v) is 18.3. The quantitative estimate of drug-likeness (QED) is 0.124. The second kappa shape index (κ2) is 15.6. The molecule has 0 saturated heterocycles. The average molecular weight is 877 g/mol. The Morgan fingerprint density at radius 3 is 1.11 bits per heavy atom. The molecule has 1 aromatic heterocycles. The first kappa shape index (κ1) is 41.5. The molecular weight excluding hydrogens is 829 g/mol. The number of hydrogen-bond donors (Lipinski definition) is 0. The van der Waals surface area contributed by atoms with Crippen LogP contribution in [0, 0.1) is 0 Å². The summed E-state index contributed by atoms with van der Waals surface area (Å²) in [5.41, 5.74) is 11.9. The van der Waals surface area contributed by atoms with Gasteiger partial charge in [-0.1, -0.05) is 89.4 Å². The molecule has 0 spiro atoms. The molecule has 3 heterocycles. The van der Waals surface area contributed by atoms with Crippen LogP contribution in [0.25, 0.3) is 32.5 Å². The molecule has 0 atom stereocenters. The van der Waals surface area contributed by atoms with Gasteiger partial charge in [0.25, 0.3) is 0 Å². The Kier molecular flexibility index (Phi) is 9.98. The van der Waals surface area contributed by atoms with Gasteiger partial charge in [0.1, 0.15) is 5.52 Å². The summed E-state index contributed by atoms with van der Waals surface area (Å²) < 4.78 is 18.4. The third-order valence-electron chi connectivity index (χ3n) is 12.9. The number of benzene rings is 7. The van der Waals surface area contributed by atoms with Gasteiger partial charge in [0.2, 0.25) is 0 Å². The smallest absolute Gasteiger partial charge is 0.340 e. The van der Waals surface area contributed by atoms with Gasteiger partial charge in [0, 0.05) is 124 Å². The van der Waals surface area contributed by atoms with Crippen molar-refractivity contribution in [1.82, 2.24) is 9.59 Å². The van der Waals surface area contributed by atoms with Crippen molar-refractivity contribution in [1.29, 1.82) is 0 Å². The number of carbonyl (C=O) groups is 2. The van der Waals surface area contributed by atoms with Gasteiger partial charge in [-0.05, 0) is 83.3 Å². The highest BCUT2D eigenvalue weighted by molar-refractivity contribution is 7.13.